The number of H-pyrrole nitrogens is 1. The number of aryl methyl sites for hydroxylation is 1. The Balaban J connectivity index is 1.43. The second-order valence-corrected chi connectivity index (χ2v) is 6.20. The molecule has 2 aromatic heterocycles. The molecule has 4 rings (SSSR count). The average molecular weight is 324 g/mol. The highest BCUT2D eigenvalue weighted by atomic mass is 16.5. The summed E-state index contributed by atoms with van der Waals surface area (Å²) in [7, 11) is 1.71. The minimum Gasteiger partial charge on any atom is -0.490 e. The summed E-state index contributed by atoms with van der Waals surface area (Å²) in [6.07, 6.45) is 5.53. The highest BCUT2D eigenvalue weighted by molar-refractivity contribution is 5.85. The van der Waals surface area contributed by atoms with E-state index >= 15 is 0 Å². The van der Waals surface area contributed by atoms with Gasteiger partial charge in [-0.25, -0.2) is 4.98 Å². The van der Waals surface area contributed by atoms with Gasteiger partial charge in [0.05, 0.1) is 6.33 Å². The van der Waals surface area contributed by atoms with Crippen LogP contribution < -0.4 is 15.2 Å². The minimum absolute atomic E-state index is 0.0301. The molecule has 0 amide bonds. The number of nitrogens with zero attached hydrogens (tertiary/aromatic N) is 3. The number of anilines is 1. The highest BCUT2D eigenvalue weighted by Crippen LogP contribution is 2.28. The van der Waals surface area contributed by atoms with Crippen LogP contribution in [0.2, 0.25) is 0 Å². The van der Waals surface area contributed by atoms with Crippen LogP contribution in [0.3, 0.4) is 0 Å². The molecule has 1 fully saturated rings. The van der Waals surface area contributed by atoms with E-state index in [1.807, 2.05) is 30.5 Å². The standard InChI is InChI=1S/C18H20N4O2/c1-21-12-20-17(11-18(21)23)22-9-6-13(7-10-22)24-16-4-2-3-15-14(16)5-8-19-15/h2-5,8,11-13,19H,6-7,9-10H2,1H3. The molecule has 1 aliphatic heterocycles. The molecule has 0 spiro atoms. The van der Waals surface area contributed by atoms with Crippen molar-refractivity contribution in [1.29, 1.82) is 0 Å². The van der Waals surface area contributed by atoms with Gasteiger partial charge < -0.3 is 19.2 Å². The number of aromatic amines is 1. The molecule has 1 aliphatic rings. The van der Waals surface area contributed by atoms with Gasteiger partial charge in [-0.2, -0.15) is 0 Å². The van der Waals surface area contributed by atoms with Crippen molar-refractivity contribution in [2.24, 2.45) is 7.05 Å². The van der Waals surface area contributed by atoms with E-state index in [1.165, 1.54) is 4.57 Å². The third-order valence-corrected chi connectivity index (χ3v) is 4.58. The molecular formula is C18H20N4O2. The summed E-state index contributed by atoms with van der Waals surface area (Å²) in [6.45, 7) is 1.68. The lowest BCUT2D eigenvalue weighted by Crippen LogP contribution is -2.39. The molecule has 24 heavy (non-hydrogen) atoms. The summed E-state index contributed by atoms with van der Waals surface area (Å²) in [4.78, 5) is 21.5. The zero-order chi connectivity index (χ0) is 16.5. The maximum atomic E-state index is 11.8. The topological polar surface area (TPSA) is 63.1 Å². The van der Waals surface area contributed by atoms with Crippen LogP contribution >= 0.6 is 0 Å². The molecule has 0 atom stereocenters. The summed E-state index contributed by atoms with van der Waals surface area (Å²) >= 11 is 0. The molecule has 6 heteroatoms. The Hall–Kier alpha value is -2.76. The number of hydrogen-bond acceptors (Lipinski definition) is 4. The quantitative estimate of drug-likeness (QED) is 0.803. The van der Waals surface area contributed by atoms with E-state index in [-0.39, 0.29) is 11.7 Å². The van der Waals surface area contributed by atoms with Crippen molar-refractivity contribution in [3.05, 3.63) is 53.2 Å². The Bertz CT molecular complexity index is 907. The monoisotopic (exact) mass is 324 g/mol. The van der Waals surface area contributed by atoms with Crippen LogP contribution in [0.4, 0.5) is 5.82 Å². The molecular weight excluding hydrogens is 304 g/mol. The minimum atomic E-state index is -0.0301. The summed E-state index contributed by atoms with van der Waals surface area (Å²) in [5.74, 6) is 1.68. The number of aromatic nitrogens is 3. The number of benzene rings is 1. The number of ether oxygens (including phenoxy) is 1. The smallest absolute Gasteiger partial charge is 0.255 e. The first kappa shape index (κ1) is 14.8. The Morgan fingerprint density at radius 2 is 2.08 bits per heavy atom. The zero-order valence-corrected chi connectivity index (χ0v) is 13.6. The molecule has 0 radical (unpaired) electrons. The van der Waals surface area contributed by atoms with Gasteiger partial charge in [-0.1, -0.05) is 6.07 Å². The number of hydrogen-bond donors (Lipinski definition) is 1. The van der Waals surface area contributed by atoms with Gasteiger partial charge in [0.15, 0.2) is 0 Å². The van der Waals surface area contributed by atoms with Gasteiger partial charge in [-0.05, 0) is 18.2 Å². The predicted molar refractivity (Wildman–Crippen MR) is 93.6 cm³/mol. The van der Waals surface area contributed by atoms with Gasteiger partial charge in [0.2, 0.25) is 0 Å². The van der Waals surface area contributed by atoms with Gasteiger partial charge in [0, 0.05) is 56.1 Å². The molecule has 0 saturated carbocycles. The second kappa shape index (κ2) is 6.03. The van der Waals surface area contributed by atoms with Crippen LogP contribution in [-0.2, 0) is 7.05 Å². The van der Waals surface area contributed by atoms with Crippen LogP contribution in [0.1, 0.15) is 12.8 Å². The maximum Gasteiger partial charge on any atom is 0.255 e. The molecule has 0 aliphatic carbocycles. The molecule has 1 aromatic carbocycles. The molecule has 1 saturated heterocycles. The first-order valence-electron chi connectivity index (χ1n) is 8.21. The predicted octanol–water partition coefficient (Wildman–Crippen LogP) is 2.31. The van der Waals surface area contributed by atoms with Crippen LogP contribution in [0, 0.1) is 0 Å². The van der Waals surface area contributed by atoms with Gasteiger partial charge in [-0.15, -0.1) is 0 Å². The number of fused-ring (bicyclic) bond motifs is 1. The Morgan fingerprint density at radius 3 is 2.88 bits per heavy atom. The molecule has 0 bridgehead atoms. The highest BCUT2D eigenvalue weighted by Gasteiger charge is 2.22. The summed E-state index contributed by atoms with van der Waals surface area (Å²) in [6, 6.07) is 9.72. The largest absolute Gasteiger partial charge is 0.490 e. The zero-order valence-electron chi connectivity index (χ0n) is 13.6. The Kier molecular flexibility index (Phi) is 3.72. The maximum absolute atomic E-state index is 11.8. The van der Waals surface area contributed by atoms with Crippen molar-refractivity contribution >= 4 is 16.7 Å². The molecule has 0 unspecified atom stereocenters. The van der Waals surface area contributed by atoms with Crippen molar-refractivity contribution in [2.45, 2.75) is 18.9 Å². The third-order valence-electron chi connectivity index (χ3n) is 4.58. The number of nitrogens with one attached hydrogen (secondary N) is 1. The van der Waals surface area contributed by atoms with Crippen molar-refractivity contribution < 1.29 is 4.74 Å². The van der Waals surface area contributed by atoms with Gasteiger partial charge in [-0.3, -0.25) is 4.79 Å². The van der Waals surface area contributed by atoms with E-state index in [1.54, 1.807) is 19.4 Å². The van der Waals surface area contributed by atoms with Gasteiger partial charge in [0.1, 0.15) is 17.7 Å². The molecule has 3 heterocycles. The number of rotatable bonds is 3. The van der Waals surface area contributed by atoms with Crippen molar-refractivity contribution in [2.75, 3.05) is 18.0 Å². The fourth-order valence-electron chi connectivity index (χ4n) is 3.17. The molecule has 3 aromatic rings. The van der Waals surface area contributed by atoms with Crippen LogP contribution in [0.15, 0.2) is 47.7 Å². The van der Waals surface area contributed by atoms with Crippen LogP contribution in [0.25, 0.3) is 10.9 Å². The average Bonchev–Trinajstić information content (AvgIpc) is 3.08. The van der Waals surface area contributed by atoms with Crippen LogP contribution in [0.5, 0.6) is 5.75 Å². The lowest BCUT2D eigenvalue weighted by Gasteiger charge is -2.33. The van der Waals surface area contributed by atoms with Crippen molar-refractivity contribution in [1.82, 2.24) is 14.5 Å². The van der Waals surface area contributed by atoms with Gasteiger partial charge >= 0.3 is 0 Å². The fraction of sp³-hybridized carbons (Fsp3) is 0.333. The summed E-state index contributed by atoms with van der Waals surface area (Å²) < 4.78 is 7.70. The van der Waals surface area contributed by atoms with Crippen molar-refractivity contribution in [3.8, 4) is 5.75 Å². The van der Waals surface area contributed by atoms with Crippen molar-refractivity contribution in [3.63, 3.8) is 0 Å². The normalized spacial score (nSPS) is 15.8. The van der Waals surface area contributed by atoms with E-state index in [0.717, 1.165) is 48.4 Å². The first-order valence-corrected chi connectivity index (χ1v) is 8.21. The first-order chi connectivity index (χ1) is 11.7. The third kappa shape index (κ3) is 2.75. The van der Waals surface area contributed by atoms with E-state index < -0.39 is 0 Å². The lowest BCUT2D eigenvalue weighted by molar-refractivity contribution is 0.173. The van der Waals surface area contributed by atoms with E-state index in [2.05, 4.69) is 14.9 Å². The van der Waals surface area contributed by atoms with E-state index in [4.69, 9.17) is 4.74 Å². The SMILES string of the molecule is Cn1cnc(N2CCC(Oc3cccc4[nH]ccc34)CC2)cc1=O. The number of piperidine rings is 1. The van der Waals surface area contributed by atoms with Gasteiger partial charge in [0.25, 0.3) is 5.56 Å². The summed E-state index contributed by atoms with van der Waals surface area (Å²) in [5, 5.41) is 1.12. The summed E-state index contributed by atoms with van der Waals surface area (Å²) in [5.41, 5.74) is 1.06. The molecule has 6 nitrogen and oxygen atoms in total. The fourth-order valence-corrected chi connectivity index (χ4v) is 3.17. The lowest BCUT2D eigenvalue weighted by atomic mass is 10.1. The Morgan fingerprint density at radius 1 is 1.25 bits per heavy atom. The molecule has 1 N–H and O–H groups in total. The van der Waals surface area contributed by atoms with E-state index in [9.17, 15) is 4.79 Å². The second-order valence-electron chi connectivity index (χ2n) is 6.20. The van der Waals surface area contributed by atoms with E-state index in [0.29, 0.717) is 0 Å². The molecule has 124 valence electrons. The Labute approximate surface area is 139 Å². The van der Waals surface area contributed by atoms with Crippen LogP contribution in [-0.4, -0.2) is 33.7 Å².